The van der Waals surface area contributed by atoms with E-state index in [1.165, 1.54) is 10.5 Å². The van der Waals surface area contributed by atoms with Crippen molar-refractivity contribution < 1.29 is 171 Å². The maximum Gasteiger partial charge on any atom is 0.387 e. The van der Waals surface area contributed by atoms with Crippen molar-refractivity contribution in [2.45, 2.75) is 53.6 Å². The lowest BCUT2D eigenvalue weighted by molar-refractivity contribution is -0.390. The molecule has 0 aromatic heterocycles. The molecule has 0 radical (unpaired) electrons. The summed E-state index contributed by atoms with van der Waals surface area (Å²) in [5.74, 6) is -9.85. The van der Waals surface area contributed by atoms with Gasteiger partial charge in [-0.3, -0.25) is 35.1 Å². The number of rotatable bonds is 13. The van der Waals surface area contributed by atoms with E-state index in [0.29, 0.717) is 25.8 Å². The number of benzene rings is 5. The Morgan fingerprint density at radius 1 is 0.754 bits per heavy atom. The summed E-state index contributed by atoms with van der Waals surface area (Å²) >= 11 is 0. The third kappa shape index (κ3) is 20.3. The van der Waals surface area contributed by atoms with Gasteiger partial charge in [-0.15, -0.1) is 0 Å². The zero-order valence-electron chi connectivity index (χ0n) is 111. The van der Waals surface area contributed by atoms with E-state index < -0.39 is 84.6 Å². The van der Waals surface area contributed by atoms with Gasteiger partial charge in [-0.1, -0.05) is 75.0 Å². The molecule has 23 heteroatoms. The van der Waals surface area contributed by atoms with E-state index in [-0.39, 0.29) is 57.4 Å². The van der Waals surface area contributed by atoms with Crippen LogP contribution in [-0.4, -0.2) is 53.5 Å². The summed E-state index contributed by atoms with van der Waals surface area (Å²) in [6, 6.07) is 24.6. The van der Waals surface area contributed by atoms with Crippen LogP contribution in [-0.2, 0) is 38.6 Å². The molecular weight excluding hydrogens is 925 g/mol. The van der Waals surface area contributed by atoms with Crippen LogP contribution in [0.1, 0.15) is 168 Å². The van der Waals surface area contributed by atoms with E-state index in [9.17, 15) is 66.3 Å². The fourth-order valence-corrected chi connectivity index (χ4v) is 5.43. The third-order valence-electron chi connectivity index (χ3n) is 8.33. The van der Waals surface area contributed by atoms with Crippen molar-refractivity contribution in [1.82, 2.24) is 0 Å². The predicted molar refractivity (Wildman–Crippen MR) is 321 cm³/mol. The van der Waals surface area contributed by atoms with Gasteiger partial charge >= 0.3 is 29.9 Å². The van der Waals surface area contributed by atoms with Crippen LogP contribution in [0.4, 0.5) is 49.1 Å². The van der Waals surface area contributed by atoms with Crippen molar-refractivity contribution in [1.29, 1.82) is 5.26 Å². The monoisotopic (exact) mass is 1120 g/mol. The molecule has 0 bridgehead atoms. The Kier molecular flexibility index (Phi) is 10.5. The number of nitro groups is 3. The van der Waals surface area contributed by atoms with Gasteiger partial charge in [0.25, 0.3) is 5.69 Å². The highest BCUT2D eigenvalue weighted by atomic mass is 19.2. The number of nitriles is 1. The van der Waals surface area contributed by atoms with Gasteiger partial charge in [-0.05, 0) is 43.5 Å². The molecule has 17 nitrogen and oxygen atoms in total. The number of carbonyl (C=O) groups is 2. The molecule has 444 valence electrons. The van der Waals surface area contributed by atoms with E-state index in [1.54, 1.807) is 33.9 Å². The minimum absolute atomic E-state index is 0. The number of esters is 2. The topological polar surface area (TPSA) is 239 Å². The van der Waals surface area contributed by atoms with Crippen LogP contribution in [0.5, 0.6) is 0 Å². The molecule has 0 aliphatic heterocycles. The Morgan fingerprint density at radius 2 is 1.20 bits per heavy atom. The first-order valence-electron chi connectivity index (χ1n) is 56.6. The van der Waals surface area contributed by atoms with E-state index in [2.05, 4.69) is 9.58 Å². The lowest BCUT2D eigenvalue weighted by Crippen LogP contribution is -2.18. The molecule has 0 heterocycles. The highest BCUT2D eigenvalue weighted by Crippen LogP contribution is 2.33. The molecule has 1 unspecified atom stereocenters. The van der Waals surface area contributed by atoms with Crippen LogP contribution in [0, 0.1) is 83.1 Å². The predicted octanol–water partition coefficient (Wildman–Crippen LogP) is 19.6. The zero-order valence-corrected chi connectivity index (χ0v) is 36.7. The van der Waals surface area contributed by atoms with Gasteiger partial charge in [-0.25, -0.2) is 24.5 Å². The highest BCUT2D eigenvalue weighted by molar-refractivity contribution is 5.83. The van der Waals surface area contributed by atoms with E-state index in [1.807, 2.05) is 60.7 Å². The number of nitrogens with zero attached hydrogens (tertiary/aromatic N) is 6. The normalized spacial score (nSPS) is 14.3. The average Bonchev–Trinajstić information content (AvgIpc) is 0.814. The molecule has 0 saturated carbocycles. The van der Waals surface area contributed by atoms with Crippen molar-refractivity contribution in [2.24, 2.45) is 5.73 Å². The molecule has 1 atom stereocenters. The molecule has 69 heavy (non-hydrogen) atoms. The first-order valence-corrected chi connectivity index (χ1v) is 19.6. The first kappa shape index (κ1) is 23.0. The first-order chi connectivity index (χ1) is 69.2. The van der Waals surface area contributed by atoms with Crippen molar-refractivity contribution in [2.75, 3.05) is 31.7 Å². The molecule has 5 rings (SSSR count). The van der Waals surface area contributed by atoms with Gasteiger partial charge in [0, 0.05) is 161 Å². The number of halogens is 6. The molecule has 5 aromatic carbocycles. The van der Waals surface area contributed by atoms with E-state index in [4.69, 9.17) is 132 Å². The summed E-state index contributed by atoms with van der Waals surface area (Å²) in [5.41, 5.74) is 4.73. The van der Waals surface area contributed by atoms with Crippen LogP contribution in [0.3, 0.4) is 0 Å². The Morgan fingerprint density at radius 3 is 1.61 bits per heavy atom. The smallest absolute Gasteiger partial charge is 0.387 e. The Balaban J connectivity index is -0.0000000225. The van der Waals surface area contributed by atoms with Crippen molar-refractivity contribution in [3.63, 3.8) is 0 Å². The largest absolute Gasteiger partial charge is 0.465 e. The Bertz CT molecular complexity index is 2700. The third-order valence-corrected chi connectivity index (χ3v) is 8.33. The van der Waals surface area contributed by atoms with Crippen LogP contribution in [0.15, 0.2) is 97.1 Å². The summed E-state index contributed by atoms with van der Waals surface area (Å²) in [6.45, 7) is 12.3. The zero-order chi connectivity index (χ0) is 126. The fourth-order valence-electron chi connectivity index (χ4n) is 5.43. The number of nitro benzene ring substituents is 3. The van der Waals surface area contributed by atoms with Gasteiger partial charge in [0.05, 0.1) is 39.6 Å². The average molecular weight is 1120 g/mol. The van der Waals surface area contributed by atoms with Crippen molar-refractivity contribution in [3.8, 4) is 6.07 Å². The second-order valence-corrected chi connectivity index (χ2v) is 13.1. The highest BCUT2D eigenvalue weighted by Gasteiger charge is 2.32. The standard InChI is InChI=1S/C14H12F2N2O2.C13H13FN2O4.C7H9N.C6H2F3NO2.C5H7NO2.CH4.38H2/c1-17(9-10-5-3-2-4-6-10)13-8-11(15)7-12(16)14(13)18(19)20;1-3-8-5-9(14)6-10(12(8)16(18)19)11(7-15)13(17)20-4-2;8-6-7-4-2-1-3-5-7;7-3-1-4(8)6(10(11)12)5(9)2-3;1-3-8-5(7)4-6-2;;;;;;;;;;;;;;;;;;;;;;;;;;;;;;;;;;;;;;;/h2-8H,9H2,1H3;5-6,11H,3-4H2,1-2H3;1-5H,6,8H2;1-2H;3-4H2,1H3;1H4;38*1H/i;;;;;;37*1+1D;1+1. The molecule has 0 saturated heterocycles. The summed E-state index contributed by atoms with van der Waals surface area (Å²) < 4.78 is 457. The van der Waals surface area contributed by atoms with Gasteiger partial charge < -0.3 is 25.0 Å². The fraction of sp³-hybridized carbons (Fsp3) is 0.261. The minimum atomic E-state index is -1.52. The van der Waals surface area contributed by atoms with Gasteiger partial charge in [0.1, 0.15) is 23.1 Å². The molecule has 0 aliphatic rings. The van der Waals surface area contributed by atoms with Gasteiger partial charge in [0.2, 0.25) is 17.5 Å². The molecular formula is C46H123F6N7O10. The molecule has 0 fully saturated rings. The van der Waals surface area contributed by atoms with Crippen molar-refractivity contribution in [3.05, 3.63) is 196 Å². The molecule has 0 amide bonds. The van der Waals surface area contributed by atoms with Crippen LogP contribution >= 0.6 is 0 Å². The van der Waals surface area contributed by atoms with E-state index in [0.717, 1.165) is 23.8 Å². The molecule has 0 spiro atoms. The lowest BCUT2D eigenvalue weighted by atomic mass is 9.95. The lowest BCUT2D eigenvalue weighted by Gasteiger charge is -2.19. The quantitative estimate of drug-likeness (QED) is 0.0380. The van der Waals surface area contributed by atoms with E-state index >= 15 is 0 Å². The van der Waals surface area contributed by atoms with Crippen LogP contribution in [0.25, 0.3) is 4.85 Å². The van der Waals surface area contributed by atoms with Gasteiger partial charge in [-0.2, -0.15) is 18.4 Å². The summed E-state index contributed by atoms with van der Waals surface area (Å²) in [4.78, 5) is 55.4. The number of anilines is 1. The van der Waals surface area contributed by atoms with Crippen LogP contribution < -0.4 is 10.6 Å². The molecule has 0 aliphatic carbocycles. The maximum atomic E-state index is 13.6. The number of hydrogen-bond donors (Lipinski definition) is 1. The number of carbonyl (C=O) groups excluding carboxylic acids is 2. The number of aryl methyl sites for hydroxylation is 1. The second kappa shape index (κ2) is 31.5. The number of nitrogens with two attached hydrogens (primary N) is 1. The van der Waals surface area contributed by atoms with Crippen molar-refractivity contribution >= 4 is 34.7 Å². The number of hydrogen-bond acceptors (Lipinski definition) is 13. The molecule has 2 N–H and O–H groups in total. The van der Waals surface area contributed by atoms with Crippen LogP contribution in [0.2, 0.25) is 0 Å². The maximum absolute atomic E-state index is 13.6. The number of ether oxygens (including phenoxy) is 2. The SMILES string of the molecule is C.CCOC(=O)C(C#N)c1cc(F)cc(CC)c1[N+](=O)[O-].CN(Cc1ccccc1)c1cc(F)cc(F)c1[N+](=O)[O-].NCc1ccccc1.O=[N+]([O-])c1c(F)cc(F)cc1F.[2HH].[2H][2H].[2H][2H].[2H][2H].[2H][2H].[2H][2H].[2H][2H].[2H][2H].[2H][2H].[2H][2H].[2H][2H].[2H][2H].[2H][2H].[2H][2H].[2H][2H].[2H][2H].[2H][2H].[2H][2H].[2H][2H].[2H][2H].[2H][2H].[2H][2H].[2H][2H].[2H][2H].[2H][2H].[2H][2H].[2H][2H].[2H][2H].[2H][2H].[2H][2H].[2H][2H].[2H][2H].[2H][2H].[2H][2H].[2H][2H].[2H][2H].[2H][2H].[2H][2H].[C-]#[N+]CC(=O)OCC. The van der Waals surface area contributed by atoms with Gasteiger partial charge in [0.15, 0.2) is 5.92 Å². The minimum Gasteiger partial charge on any atom is -0.465 e. The second-order valence-electron chi connectivity index (χ2n) is 13.1. The summed E-state index contributed by atoms with van der Waals surface area (Å²) in [5, 5.41) is 41.1. The summed E-state index contributed by atoms with van der Waals surface area (Å²) in [6.07, 6.45) is 0.210. The Hall–Kier alpha value is -8.44. The summed E-state index contributed by atoms with van der Waals surface area (Å²) in [7, 11) is 1.55. The molecule has 5 aromatic rings. The Labute approximate surface area is 508 Å².